The summed E-state index contributed by atoms with van der Waals surface area (Å²) in [5.41, 5.74) is 0.413. The second-order valence-corrected chi connectivity index (χ2v) is 7.20. The molecule has 7 nitrogen and oxygen atoms in total. The molecule has 2 aromatic heterocycles. The van der Waals surface area contributed by atoms with E-state index in [0.717, 1.165) is 45.0 Å². The molecule has 0 spiro atoms. The third kappa shape index (κ3) is 3.64. The summed E-state index contributed by atoms with van der Waals surface area (Å²) in [6.07, 6.45) is 7.49. The second kappa shape index (κ2) is 7.55. The van der Waals surface area contributed by atoms with Crippen molar-refractivity contribution in [3.8, 4) is 0 Å². The Bertz CT molecular complexity index is 722. The number of furan rings is 1. The minimum absolute atomic E-state index is 0.0360. The minimum atomic E-state index is -0.0360. The van der Waals surface area contributed by atoms with Gasteiger partial charge in [0.15, 0.2) is 0 Å². The standard InChI is InChI=1S/C19H24N4O3/c1-22(10-15-3-2-8-25-15)12-18-16-11-23(7-4-14(16)13-26-18)19(24)17-9-20-5-6-21-17/h2-3,5-6,8-9,14,16,18H,4,7,10-13H2,1H3/t14-,16-,18+/m0/s1. The van der Waals surface area contributed by atoms with Crippen molar-refractivity contribution in [1.29, 1.82) is 0 Å². The van der Waals surface area contributed by atoms with Gasteiger partial charge in [0.05, 0.1) is 31.7 Å². The first-order chi connectivity index (χ1) is 12.7. The van der Waals surface area contributed by atoms with E-state index in [9.17, 15) is 4.79 Å². The first kappa shape index (κ1) is 17.2. The zero-order valence-corrected chi connectivity index (χ0v) is 15.0. The number of ether oxygens (including phenoxy) is 1. The number of hydrogen-bond donors (Lipinski definition) is 0. The zero-order chi connectivity index (χ0) is 17.9. The predicted octanol–water partition coefficient (Wildman–Crippen LogP) is 1.68. The summed E-state index contributed by atoms with van der Waals surface area (Å²) in [7, 11) is 2.07. The summed E-state index contributed by atoms with van der Waals surface area (Å²) < 4.78 is 11.5. The van der Waals surface area contributed by atoms with Gasteiger partial charge in [-0.15, -0.1) is 0 Å². The Kier molecular flexibility index (Phi) is 4.99. The van der Waals surface area contributed by atoms with Gasteiger partial charge in [0.2, 0.25) is 0 Å². The van der Waals surface area contributed by atoms with Gasteiger partial charge >= 0.3 is 0 Å². The summed E-state index contributed by atoms with van der Waals surface area (Å²) in [6, 6.07) is 3.89. The maximum Gasteiger partial charge on any atom is 0.274 e. The molecule has 2 saturated heterocycles. The lowest BCUT2D eigenvalue weighted by Crippen LogP contribution is -2.47. The Hall–Kier alpha value is -2.25. The van der Waals surface area contributed by atoms with E-state index in [1.54, 1.807) is 18.7 Å². The highest BCUT2D eigenvalue weighted by Gasteiger charge is 2.42. The van der Waals surface area contributed by atoms with Crippen LogP contribution in [0.4, 0.5) is 0 Å². The molecule has 0 aromatic carbocycles. The van der Waals surface area contributed by atoms with Crippen LogP contribution in [0.3, 0.4) is 0 Å². The van der Waals surface area contributed by atoms with Gasteiger partial charge in [-0.1, -0.05) is 0 Å². The van der Waals surface area contributed by atoms with Gasteiger partial charge < -0.3 is 14.1 Å². The van der Waals surface area contributed by atoms with Crippen molar-refractivity contribution in [3.63, 3.8) is 0 Å². The van der Waals surface area contributed by atoms with Crippen LogP contribution in [0.25, 0.3) is 0 Å². The van der Waals surface area contributed by atoms with Gasteiger partial charge in [-0.2, -0.15) is 0 Å². The molecular formula is C19H24N4O3. The highest BCUT2D eigenvalue weighted by atomic mass is 16.5. The van der Waals surface area contributed by atoms with E-state index >= 15 is 0 Å². The van der Waals surface area contributed by atoms with Gasteiger partial charge in [0, 0.05) is 37.9 Å². The van der Waals surface area contributed by atoms with Gasteiger partial charge in [-0.3, -0.25) is 14.7 Å². The highest BCUT2D eigenvalue weighted by Crippen LogP contribution is 2.35. The lowest BCUT2D eigenvalue weighted by atomic mass is 9.84. The summed E-state index contributed by atoms with van der Waals surface area (Å²) in [6.45, 7) is 3.85. The van der Waals surface area contributed by atoms with Crippen LogP contribution >= 0.6 is 0 Å². The number of piperidine rings is 1. The molecule has 26 heavy (non-hydrogen) atoms. The fourth-order valence-electron chi connectivity index (χ4n) is 4.01. The van der Waals surface area contributed by atoms with E-state index in [0.29, 0.717) is 17.5 Å². The third-order valence-corrected chi connectivity index (χ3v) is 5.38. The Labute approximate surface area is 153 Å². The quantitative estimate of drug-likeness (QED) is 0.812. The maximum atomic E-state index is 12.7. The van der Waals surface area contributed by atoms with Gasteiger partial charge in [-0.25, -0.2) is 4.98 Å². The van der Waals surface area contributed by atoms with Crippen LogP contribution in [-0.2, 0) is 11.3 Å². The lowest BCUT2D eigenvalue weighted by Gasteiger charge is -2.36. The van der Waals surface area contributed by atoms with Crippen molar-refractivity contribution >= 4 is 5.91 Å². The highest BCUT2D eigenvalue weighted by molar-refractivity contribution is 5.92. The van der Waals surface area contributed by atoms with E-state index in [1.165, 1.54) is 6.20 Å². The summed E-state index contributed by atoms with van der Waals surface area (Å²) in [5.74, 6) is 1.81. The van der Waals surface area contributed by atoms with Crippen molar-refractivity contribution in [2.75, 3.05) is 33.3 Å². The van der Waals surface area contributed by atoms with Crippen molar-refractivity contribution in [3.05, 3.63) is 48.4 Å². The zero-order valence-electron chi connectivity index (χ0n) is 15.0. The number of amides is 1. The predicted molar refractivity (Wildman–Crippen MR) is 94.3 cm³/mol. The van der Waals surface area contributed by atoms with E-state index < -0.39 is 0 Å². The number of rotatable bonds is 5. The molecule has 2 fully saturated rings. The molecule has 2 aliphatic rings. The molecule has 2 aliphatic heterocycles. The molecule has 0 unspecified atom stereocenters. The fraction of sp³-hybridized carbons (Fsp3) is 0.526. The van der Waals surface area contributed by atoms with Crippen molar-refractivity contribution in [1.82, 2.24) is 19.8 Å². The summed E-state index contributed by atoms with van der Waals surface area (Å²) in [4.78, 5) is 25.0. The molecule has 0 aliphatic carbocycles. The third-order valence-electron chi connectivity index (χ3n) is 5.38. The van der Waals surface area contributed by atoms with Crippen molar-refractivity contribution in [2.45, 2.75) is 19.1 Å². The first-order valence-electron chi connectivity index (χ1n) is 9.08. The molecule has 138 valence electrons. The number of likely N-dealkylation sites (N-methyl/N-ethyl adjacent to an activating group) is 1. The number of aromatic nitrogens is 2. The lowest BCUT2D eigenvalue weighted by molar-refractivity contribution is 0.0417. The SMILES string of the molecule is CN(Cc1ccco1)C[C@H]1OC[C@@H]2CCN(C(=O)c3cnccn3)C[C@@H]21. The van der Waals surface area contributed by atoms with E-state index in [4.69, 9.17) is 9.15 Å². The Morgan fingerprint density at radius 2 is 2.35 bits per heavy atom. The van der Waals surface area contributed by atoms with Crippen LogP contribution in [0.1, 0.15) is 22.7 Å². The molecule has 0 saturated carbocycles. The smallest absolute Gasteiger partial charge is 0.274 e. The number of carbonyl (C=O) groups is 1. The number of nitrogens with zero attached hydrogens (tertiary/aromatic N) is 4. The fourth-order valence-corrected chi connectivity index (χ4v) is 4.01. The van der Waals surface area contributed by atoms with E-state index in [2.05, 4.69) is 21.9 Å². The van der Waals surface area contributed by atoms with Gasteiger partial charge in [-0.05, 0) is 31.5 Å². The van der Waals surface area contributed by atoms with Crippen LogP contribution in [0.15, 0.2) is 41.4 Å². The Morgan fingerprint density at radius 1 is 1.42 bits per heavy atom. The topological polar surface area (TPSA) is 71.7 Å². The van der Waals surface area contributed by atoms with Crippen LogP contribution in [0.5, 0.6) is 0 Å². The van der Waals surface area contributed by atoms with Gasteiger partial charge in [0.1, 0.15) is 11.5 Å². The molecule has 3 atom stereocenters. The number of carbonyl (C=O) groups excluding carboxylic acids is 1. The van der Waals surface area contributed by atoms with Crippen LogP contribution in [-0.4, -0.2) is 65.1 Å². The molecule has 0 bridgehead atoms. The average Bonchev–Trinajstić information content (AvgIpc) is 3.31. The van der Waals surface area contributed by atoms with Gasteiger partial charge in [0.25, 0.3) is 5.91 Å². The van der Waals surface area contributed by atoms with Crippen LogP contribution < -0.4 is 0 Å². The first-order valence-corrected chi connectivity index (χ1v) is 9.08. The average molecular weight is 356 g/mol. The molecule has 2 aromatic rings. The number of likely N-dealkylation sites (tertiary alicyclic amines) is 1. The molecule has 4 heterocycles. The minimum Gasteiger partial charge on any atom is -0.468 e. The molecule has 0 radical (unpaired) electrons. The second-order valence-electron chi connectivity index (χ2n) is 7.20. The molecular weight excluding hydrogens is 332 g/mol. The van der Waals surface area contributed by atoms with Crippen molar-refractivity contribution in [2.24, 2.45) is 11.8 Å². The molecule has 4 rings (SSSR count). The maximum absolute atomic E-state index is 12.7. The van der Waals surface area contributed by atoms with E-state index in [-0.39, 0.29) is 12.0 Å². The monoisotopic (exact) mass is 356 g/mol. The van der Waals surface area contributed by atoms with Crippen molar-refractivity contribution < 1.29 is 13.9 Å². The molecule has 0 N–H and O–H groups in total. The van der Waals surface area contributed by atoms with E-state index in [1.807, 2.05) is 17.0 Å². The Morgan fingerprint density at radius 3 is 3.12 bits per heavy atom. The normalized spacial score (nSPS) is 25.5. The number of fused-ring (bicyclic) bond motifs is 1. The largest absolute Gasteiger partial charge is 0.468 e. The summed E-state index contributed by atoms with van der Waals surface area (Å²) in [5, 5.41) is 0. The number of hydrogen-bond acceptors (Lipinski definition) is 6. The molecule has 7 heteroatoms. The van der Waals surface area contributed by atoms with Crippen LogP contribution in [0.2, 0.25) is 0 Å². The Balaban J connectivity index is 1.38. The van der Waals surface area contributed by atoms with Crippen LogP contribution in [0, 0.1) is 11.8 Å². The molecule has 1 amide bonds. The summed E-state index contributed by atoms with van der Waals surface area (Å²) >= 11 is 0.